The molecule has 1 unspecified atom stereocenters. The van der Waals surface area contributed by atoms with Crippen LogP contribution < -0.4 is 5.32 Å². The maximum absolute atomic E-state index is 4.23. The normalized spacial score (nSPS) is 26.2. The molecule has 1 aromatic rings. The van der Waals surface area contributed by atoms with Crippen molar-refractivity contribution in [2.75, 3.05) is 5.32 Å². The number of thiazole rings is 1. The average Bonchev–Trinajstić information content (AvgIpc) is 2.61. The van der Waals surface area contributed by atoms with Gasteiger partial charge in [-0.25, -0.2) is 4.98 Å². The third-order valence-corrected chi connectivity index (χ3v) is 3.43. The van der Waals surface area contributed by atoms with E-state index in [1.165, 1.54) is 19.3 Å². The molecule has 2 nitrogen and oxygen atoms in total. The van der Waals surface area contributed by atoms with E-state index in [2.05, 4.69) is 24.1 Å². The van der Waals surface area contributed by atoms with Crippen molar-refractivity contribution in [1.29, 1.82) is 0 Å². The van der Waals surface area contributed by atoms with E-state index in [1.54, 1.807) is 11.3 Å². The van der Waals surface area contributed by atoms with Crippen LogP contribution in [0.1, 0.15) is 33.1 Å². The molecule has 1 aliphatic carbocycles. The van der Waals surface area contributed by atoms with Crippen molar-refractivity contribution >= 4 is 16.5 Å². The van der Waals surface area contributed by atoms with Gasteiger partial charge in [0.05, 0.1) is 0 Å². The third kappa shape index (κ3) is 2.21. The minimum Gasteiger partial charge on any atom is -0.359 e. The third-order valence-electron chi connectivity index (χ3n) is 2.73. The van der Waals surface area contributed by atoms with Gasteiger partial charge in [0.1, 0.15) is 0 Å². The maximum Gasteiger partial charge on any atom is 0.182 e. The second-order valence-corrected chi connectivity index (χ2v) is 5.48. The first-order chi connectivity index (χ1) is 6.16. The number of anilines is 1. The van der Waals surface area contributed by atoms with Crippen LogP contribution in [-0.4, -0.2) is 11.0 Å². The number of hydrogen-bond acceptors (Lipinski definition) is 3. The van der Waals surface area contributed by atoms with E-state index in [1.807, 2.05) is 11.6 Å². The highest BCUT2D eigenvalue weighted by atomic mass is 32.1. The molecule has 0 amide bonds. The lowest BCUT2D eigenvalue weighted by Crippen LogP contribution is -2.17. The van der Waals surface area contributed by atoms with Crippen molar-refractivity contribution in [3.8, 4) is 0 Å². The van der Waals surface area contributed by atoms with Crippen LogP contribution in [0.15, 0.2) is 11.6 Å². The zero-order valence-corrected chi connectivity index (χ0v) is 9.03. The van der Waals surface area contributed by atoms with E-state index in [-0.39, 0.29) is 0 Å². The molecule has 0 aliphatic heterocycles. The van der Waals surface area contributed by atoms with Crippen molar-refractivity contribution in [2.45, 2.75) is 39.2 Å². The summed E-state index contributed by atoms with van der Waals surface area (Å²) in [5, 5.41) is 6.57. The summed E-state index contributed by atoms with van der Waals surface area (Å²) in [6.07, 6.45) is 5.74. The molecule has 0 aromatic carbocycles. The Morgan fingerprint density at radius 3 is 3.00 bits per heavy atom. The number of aromatic nitrogens is 1. The molecule has 13 heavy (non-hydrogen) atoms. The molecule has 1 saturated carbocycles. The summed E-state index contributed by atoms with van der Waals surface area (Å²) in [7, 11) is 0. The maximum atomic E-state index is 4.23. The molecule has 1 atom stereocenters. The molecule has 0 spiro atoms. The lowest BCUT2D eigenvalue weighted by Gasteiger charge is -2.17. The molecular weight excluding hydrogens is 180 g/mol. The molecule has 0 saturated heterocycles. The number of nitrogens with zero attached hydrogens (tertiary/aromatic N) is 1. The van der Waals surface area contributed by atoms with Crippen LogP contribution >= 0.6 is 11.3 Å². The van der Waals surface area contributed by atoms with Crippen LogP contribution in [0.4, 0.5) is 5.13 Å². The fourth-order valence-corrected chi connectivity index (χ4v) is 2.64. The summed E-state index contributed by atoms with van der Waals surface area (Å²) in [6, 6.07) is 0.640. The lowest BCUT2D eigenvalue weighted by atomic mass is 9.92. The first-order valence-corrected chi connectivity index (χ1v) is 5.70. The summed E-state index contributed by atoms with van der Waals surface area (Å²) in [5.41, 5.74) is 0.523. The molecule has 72 valence electrons. The fraction of sp³-hybridized carbons (Fsp3) is 0.700. The summed E-state index contributed by atoms with van der Waals surface area (Å²) in [4.78, 5) is 4.23. The molecule has 0 bridgehead atoms. The molecular formula is C10H16N2S. The highest BCUT2D eigenvalue weighted by Crippen LogP contribution is 2.38. The van der Waals surface area contributed by atoms with Crippen LogP contribution in [0.3, 0.4) is 0 Å². The Labute approximate surface area is 83.4 Å². The minimum absolute atomic E-state index is 0.523. The van der Waals surface area contributed by atoms with Crippen molar-refractivity contribution in [3.63, 3.8) is 0 Å². The van der Waals surface area contributed by atoms with Crippen molar-refractivity contribution < 1.29 is 0 Å². The monoisotopic (exact) mass is 196 g/mol. The Morgan fingerprint density at radius 1 is 1.62 bits per heavy atom. The molecule has 1 fully saturated rings. The molecule has 2 rings (SSSR count). The Hall–Kier alpha value is -0.570. The average molecular weight is 196 g/mol. The van der Waals surface area contributed by atoms with Gasteiger partial charge in [0.25, 0.3) is 0 Å². The Kier molecular flexibility index (Phi) is 2.28. The molecule has 1 aromatic heterocycles. The van der Waals surface area contributed by atoms with Gasteiger partial charge in [-0.15, -0.1) is 11.3 Å². The predicted molar refractivity (Wildman–Crippen MR) is 57.2 cm³/mol. The largest absolute Gasteiger partial charge is 0.359 e. The van der Waals surface area contributed by atoms with E-state index >= 15 is 0 Å². The van der Waals surface area contributed by atoms with Gasteiger partial charge in [0.15, 0.2) is 5.13 Å². The number of rotatable bonds is 2. The fourth-order valence-electron chi connectivity index (χ4n) is 2.03. The number of hydrogen-bond donors (Lipinski definition) is 1. The van der Waals surface area contributed by atoms with Gasteiger partial charge in [-0.05, 0) is 24.7 Å². The van der Waals surface area contributed by atoms with Crippen molar-refractivity contribution in [1.82, 2.24) is 4.98 Å². The van der Waals surface area contributed by atoms with Gasteiger partial charge in [0, 0.05) is 17.6 Å². The SMILES string of the molecule is CC1(C)CCC(Nc2nccs2)C1. The Morgan fingerprint density at radius 2 is 2.46 bits per heavy atom. The molecule has 0 radical (unpaired) electrons. The second kappa shape index (κ2) is 3.29. The molecule has 1 N–H and O–H groups in total. The summed E-state index contributed by atoms with van der Waals surface area (Å²) >= 11 is 1.69. The van der Waals surface area contributed by atoms with Crippen LogP contribution in [0, 0.1) is 5.41 Å². The minimum atomic E-state index is 0.523. The summed E-state index contributed by atoms with van der Waals surface area (Å²) in [5.74, 6) is 0. The lowest BCUT2D eigenvalue weighted by molar-refractivity contribution is 0.378. The Bertz CT molecular complexity index is 266. The van der Waals surface area contributed by atoms with E-state index in [0.717, 1.165) is 5.13 Å². The van der Waals surface area contributed by atoms with Gasteiger partial charge in [-0.1, -0.05) is 13.8 Å². The van der Waals surface area contributed by atoms with E-state index in [0.29, 0.717) is 11.5 Å². The van der Waals surface area contributed by atoms with Crippen LogP contribution in [0.5, 0.6) is 0 Å². The summed E-state index contributed by atoms with van der Waals surface area (Å²) < 4.78 is 0. The van der Waals surface area contributed by atoms with Gasteiger partial charge < -0.3 is 5.32 Å². The predicted octanol–water partition coefficient (Wildman–Crippen LogP) is 3.13. The van der Waals surface area contributed by atoms with Crippen molar-refractivity contribution in [2.24, 2.45) is 5.41 Å². The van der Waals surface area contributed by atoms with Gasteiger partial charge in [-0.2, -0.15) is 0 Å². The van der Waals surface area contributed by atoms with E-state index < -0.39 is 0 Å². The topological polar surface area (TPSA) is 24.9 Å². The van der Waals surface area contributed by atoms with Crippen LogP contribution in [-0.2, 0) is 0 Å². The van der Waals surface area contributed by atoms with Gasteiger partial charge in [0.2, 0.25) is 0 Å². The van der Waals surface area contributed by atoms with Crippen molar-refractivity contribution in [3.05, 3.63) is 11.6 Å². The highest BCUT2D eigenvalue weighted by Gasteiger charge is 2.30. The highest BCUT2D eigenvalue weighted by molar-refractivity contribution is 7.13. The zero-order chi connectivity index (χ0) is 9.31. The zero-order valence-electron chi connectivity index (χ0n) is 8.21. The van der Waals surface area contributed by atoms with E-state index in [9.17, 15) is 0 Å². The standard InChI is InChI=1S/C10H16N2S/c1-10(2)4-3-8(7-10)12-9-11-5-6-13-9/h5-6,8H,3-4,7H2,1-2H3,(H,11,12). The van der Waals surface area contributed by atoms with E-state index in [4.69, 9.17) is 0 Å². The quantitative estimate of drug-likeness (QED) is 0.786. The Balaban J connectivity index is 1.91. The number of nitrogens with one attached hydrogen (secondary N) is 1. The van der Waals surface area contributed by atoms with Crippen LogP contribution in [0.25, 0.3) is 0 Å². The van der Waals surface area contributed by atoms with Gasteiger partial charge >= 0.3 is 0 Å². The molecule has 1 aliphatic rings. The first-order valence-electron chi connectivity index (χ1n) is 4.82. The van der Waals surface area contributed by atoms with Gasteiger partial charge in [-0.3, -0.25) is 0 Å². The molecule has 3 heteroatoms. The summed E-state index contributed by atoms with van der Waals surface area (Å²) in [6.45, 7) is 4.69. The second-order valence-electron chi connectivity index (χ2n) is 4.59. The smallest absolute Gasteiger partial charge is 0.182 e. The first kappa shape index (κ1) is 9.00. The molecule has 1 heterocycles. The van der Waals surface area contributed by atoms with Crippen LogP contribution in [0.2, 0.25) is 0 Å².